The lowest BCUT2D eigenvalue weighted by atomic mass is 10.1. The molecule has 0 fully saturated rings. The van der Waals surface area contributed by atoms with Crippen LogP contribution in [0.4, 0.5) is 11.4 Å². The molecule has 0 spiro atoms. The lowest BCUT2D eigenvalue weighted by Crippen LogP contribution is -2.30. The van der Waals surface area contributed by atoms with Crippen LogP contribution in [-0.2, 0) is 0 Å². The Hall–Kier alpha value is -1.91. The van der Waals surface area contributed by atoms with Crippen LogP contribution in [0.25, 0.3) is 0 Å². The Balaban J connectivity index is 3.21. The van der Waals surface area contributed by atoms with Gasteiger partial charge in [-0.3, -0.25) is 14.9 Å². The second-order valence-electron chi connectivity index (χ2n) is 4.00. The van der Waals surface area contributed by atoms with Crippen molar-refractivity contribution in [2.75, 3.05) is 11.4 Å². The van der Waals surface area contributed by atoms with E-state index in [1.165, 1.54) is 6.07 Å². The first-order chi connectivity index (χ1) is 8.01. The predicted molar refractivity (Wildman–Crippen MR) is 66.6 cm³/mol. The molecule has 0 bridgehead atoms. The van der Waals surface area contributed by atoms with Crippen LogP contribution in [0.5, 0.6) is 0 Å². The molecule has 0 heterocycles. The Morgan fingerprint density at radius 1 is 1.47 bits per heavy atom. The van der Waals surface area contributed by atoms with E-state index in [2.05, 4.69) is 4.90 Å². The number of carbonyl (C=O) groups excluding carboxylic acids is 1. The lowest BCUT2D eigenvalue weighted by molar-refractivity contribution is -0.385. The van der Waals surface area contributed by atoms with Crippen LogP contribution in [-0.4, -0.2) is 23.8 Å². The molecule has 5 heteroatoms. The van der Waals surface area contributed by atoms with Gasteiger partial charge in [0.1, 0.15) is 0 Å². The summed E-state index contributed by atoms with van der Waals surface area (Å²) in [5, 5.41) is 10.7. The number of benzene rings is 1. The third kappa shape index (κ3) is 2.81. The fourth-order valence-electron chi connectivity index (χ4n) is 1.83. The average Bonchev–Trinajstić information content (AvgIpc) is 2.28. The summed E-state index contributed by atoms with van der Waals surface area (Å²) in [7, 11) is 0. The van der Waals surface area contributed by atoms with Crippen molar-refractivity contribution in [1.82, 2.24) is 0 Å². The minimum atomic E-state index is -0.542. The molecule has 0 aliphatic rings. The molecular weight excluding hydrogens is 220 g/mol. The monoisotopic (exact) mass is 236 g/mol. The molecule has 5 nitrogen and oxygen atoms in total. The van der Waals surface area contributed by atoms with Crippen LogP contribution in [0.3, 0.4) is 0 Å². The van der Waals surface area contributed by atoms with Gasteiger partial charge in [-0.25, -0.2) is 0 Å². The van der Waals surface area contributed by atoms with Gasteiger partial charge in [-0.05, 0) is 32.9 Å². The summed E-state index contributed by atoms with van der Waals surface area (Å²) in [4.78, 5) is 23.1. The largest absolute Gasteiger partial charge is 0.369 e. The summed E-state index contributed by atoms with van der Waals surface area (Å²) in [5.74, 6) is 0. The molecule has 17 heavy (non-hydrogen) atoms. The topological polar surface area (TPSA) is 63.4 Å². The highest BCUT2D eigenvalue weighted by atomic mass is 16.6. The molecule has 0 aliphatic carbocycles. The molecule has 0 unspecified atom stereocenters. The Kier molecular flexibility index (Phi) is 4.20. The van der Waals surface area contributed by atoms with E-state index in [0.717, 1.165) is 12.2 Å². The maximum atomic E-state index is 10.8. The van der Waals surface area contributed by atoms with E-state index in [4.69, 9.17) is 0 Å². The molecule has 1 rings (SSSR count). The molecule has 0 aliphatic heterocycles. The quantitative estimate of drug-likeness (QED) is 0.448. The second kappa shape index (κ2) is 5.43. The maximum Gasteiger partial charge on any atom is 0.280 e. The molecule has 92 valence electrons. The number of anilines is 1. The molecule has 1 aromatic carbocycles. The number of hydrogen-bond donors (Lipinski definition) is 0. The van der Waals surface area contributed by atoms with Gasteiger partial charge in [-0.15, -0.1) is 0 Å². The van der Waals surface area contributed by atoms with E-state index < -0.39 is 4.92 Å². The fraction of sp³-hybridized carbons (Fsp3) is 0.417. The number of carbonyl (C=O) groups is 1. The van der Waals surface area contributed by atoms with Crippen LogP contribution >= 0.6 is 0 Å². The van der Waals surface area contributed by atoms with Gasteiger partial charge in [0, 0.05) is 24.3 Å². The zero-order valence-corrected chi connectivity index (χ0v) is 10.2. The van der Waals surface area contributed by atoms with E-state index in [9.17, 15) is 14.9 Å². The Morgan fingerprint density at radius 3 is 2.53 bits per heavy atom. The summed E-state index contributed by atoms with van der Waals surface area (Å²) in [5.41, 5.74) is 0.797. The normalized spacial score (nSPS) is 10.4. The molecular formula is C12H16N2O3. The van der Waals surface area contributed by atoms with E-state index in [-0.39, 0.29) is 17.3 Å². The second-order valence-corrected chi connectivity index (χ2v) is 4.00. The minimum absolute atomic E-state index is 0.117. The van der Waals surface area contributed by atoms with Crippen LogP contribution in [0.15, 0.2) is 18.2 Å². The van der Waals surface area contributed by atoms with E-state index in [0.29, 0.717) is 6.29 Å². The van der Waals surface area contributed by atoms with Crippen LogP contribution in [0.2, 0.25) is 0 Å². The lowest BCUT2D eigenvalue weighted by Gasteiger charge is -2.27. The van der Waals surface area contributed by atoms with Gasteiger partial charge < -0.3 is 4.90 Å². The molecule has 0 saturated carbocycles. The van der Waals surface area contributed by atoms with Crippen molar-refractivity contribution in [2.24, 2.45) is 0 Å². The first-order valence-corrected chi connectivity index (χ1v) is 5.51. The van der Waals surface area contributed by atoms with E-state index >= 15 is 0 Å². The first-order valence-electron chi connectivity index (χ1n) is 5.51. The molecule has 1 aromatic rings. The van der Waals surface area contributed by atoms with Gasteiger partial charge in [0.25, 0.3) is 5.69 Å². The van der Waals surface area contributed by atoms with Gasteiger partial charge in [-0.2, -0.15) is 0 Å². The summed E-state index contributed by atoms with van der Waals surface area (Å²) in [6, 6.07) is 4.90. The standard InChI is InChI=1S/C12H16N2O3/c1-4-13(9(2)3)11-5-6-12(14(16)17)10(7-11)8-15/h5-9H,4H2,1-3H3. The highest BCUT2D eigenvalue weighted by molar-refractivity contribution is 5.83. The highest BCUT2D eigenvalue weighted by Crippen LogP contribution is 2.24. The van der Waals surface area contributed by atoms with Crippen molar-refractivity contribution in [3.8, 4) is 0 Å². The SMILES string of the molecule is CCN(c1ccc([N+](=O)[O-])c(C=O)c1)C(C)C. The molecule has 0 N–H and O–H groups in total. The summed E-state index contributed by atoms with van der Waals surface area (Å²) < 4.78 is 0. The molecule has 0 saturated heterocycles. The first kappa shape index (κ1) is 13.2. The van der Waals surface area contributed by atoms with E-state index in [1.807, 2.05) is 20.8 Å². The van der Waals surface area contributed by atoms with Gasteiger partial charge in [0.15, 0.2) is 6.29 Å². The van der Waals surface area contributed by atoms with Crippen molar-refractivity contribution < 1.29 is 9.72 Å². The molecule has 0 aromatic heterocycles. The number of nitro groups is 1. The Morgan fingerprint density at radius 2 is 2.12 bits per heavy atom. The number of nitro benzene ring substituents is 1. The van der Waals surface area contributed by atoms with Gasteiger partial charge >= 0.3 is 0 Å². The van der Waals surface area contributed by atoms with Gasteiger partial charge in [-0.1, -0.05) is 0 Å². The zero-order chi connectivity index (χ0) is 13.0. The molecule has 0 atom stereocenters. The smallest absolute Gasteiger partial charge is 0.280 e. The maximum absolute atomic E-state index is 10.8. The highest BCUT2D eigenvalue weighted by Gasteiger charge is 2.16. The van der Waals surface area contributed by atoms with Crippen molar-refractivity contribution in [3.05, 3.63) is 33.9 Å². The van der Waals surface area contributed by atoms with Crippen LogP contribution < -0.4 is 4.90 Å². The third-order valence-corrected chi connectivity index (χ3v) is 2.63. The minimum Gasteiger partial charge on any atom is -0.369 e. The third-order valence-electron chi connectivity index (χ3n) is 2.63. The summed E-state index contributed by atoms with van der Waals surface area (Å²) >= 11 is 0. The molecule has 0 radical (unpaired) electrons. The van der Waals surface area contributed by atoms with Crippen LogP contribution in [0, 0.1) is 10.1 Å². The number of aldehydes is 1. The Bertz CT molecular complexity index is 430. The number of nitrogens with zero attached hydrogens (tertiary/aromatic N) is 2. The van der Waals surface area contributed by atoms with Crippen molar-refractivity contribution in [3.63, 3.8) is 0 Å². The Labute approximate surface area is 100 Å². The van der Waals surface area contributed by atoms with Crippen molar-refractivity contribution in [1.29, 1.82) is 0 Å². The van der Waals surface area contributed by atoms with Crippen LogP contribution in [0.1, 0.15) is 31.1 Å². The predicted octanol–water partition coefficient (Wildman–Crippen LogP) is 2.64. The summed E-state index contributed by atoms with van der Waals surface area (Å²) in [6.45, 7) is 6.85. The number of rotatable bonds is 5. The van der Waals surface area contributed by atoms with Gasteiger partial charge in [0.2, 0.25) is 0 Å². The van der Waals surface area contributed by atoms with Crippen molar-refractivity contribution in [2.45, 2.75) is 26.8 Å². The zero-order valence-electron chi connectivity index (χ0n) is 10.2. The average molecular weight is 236 g/mol. The van der Waals surface area contributed by atoms with Gasteiger partial charge in [0.05, 0.1) is 10.5 Å². The fourth-order valence-corrected chi connectivity index (χ4v) is 1.83. The number of hydrogen-bond acceptors (Lipinski definition) is 4. The molecule has 0 amide bonds. The van der Waals surface area contributed by atoms with E-state index in [1.54, 1.807) is 12.1 Å². The summed E-state index contributed by atoms with van der Waals surface area (Å²) in [6.07, 6.45) is 0.524. The van der Waals surface area contributed by atoms with Crippen molar-refractivity contribution >= 4 is 17.7 Å².